The van der Waals surface area contributed by atoms with Crippen LogP contribution in [0.15, 0.2) is 17.1 Å². The number of Topliss-reactive ketones (excluding diaryl/α,β-unsaturated/α-hetero) is 1. The van der Waals surface area contributed by atoms with Gasteiger partial charge in [0.15, 0.2) is 0 Å². The normalized spacial score (nSPS) is 21.1. The topological polar surface area (TPSA) is 127 Å². The van der Waals surface area contributed by atoms with E-state index in [0.29, 0.717) is 25.9 Å². The SMILES string of the molecule is CC/C=C/CCCCC(=O)C1=NCC[N+]1(CCO)CC(O)CS(=O)(=O)[O-].[Na+]. The van der Waals surface area contributed by atoms with Crippen molar-refractivity contribution < 1.29 is 62.0 Å². The van der Waals surface area contributed by atoms with E-state index < -0.39 is 22.0 Å². The number of carbonyl (C=O) groups excluding carboxylic acids is 1. The molecule has 0 saturated heterocycles. The van der Waals surface area contributed by atoms with Crippen molar-refractivity contribution in [2.24, 2.45) is 4.99 Å². The van der Waals surface area contributed by atoms with Gasteiger partial charge in [-0.05, 0) is 25.7 Å². The van der Waals surface area contributed by atoms with Crippen molar-refractivity contribution in [1.29, 1.82) is 0 Å². The molecule has 0 fully saturated rings. The molecule has 27 heavy (non-hydrogen) atoms. The van der Waals surface area contributed by atoms with Gasteiger partial charge in [-0.15, -0.1) is 0 Å². The van der Waals surface area contributed by atoms with Crippen LogP contribution in [0, 0.1) is 0 Å². The third kappa shape index (κ3) is 9.76. The Kier molecular flexibility index (Phi) is 13.1. The van der Waals surface area contributed by atoms with Crippen LogP contribution in [0.1, 0.15) is 39.0 Å². The van der Waals surface area contributed by atoms with E-state index in [0.717, 1.165) is 19.3 Å². The molecule has 0 saturated carbocycles. The van der Waals surface area contributed by atoms with E-state index in [1.807, 2.05) is 0 Å². The summed E-state index contributed by atoms with van der Waals surface area (Å²) in [6.07, 6.45) is 6.57. The number of unbranched alkanes of at least 4 members (excludes halogenated alkanes) is 2. The molecule has 10 heteroatoms. The largest absolute Gasteiger partial charge is 1.00 e. The minimum Gasteiger partial charge on any atom is -0.748 e. The molecule has 0 amide bonds. The second-order valence-electron chi connectivity index (χ2n) is 6.63. The molecule has 0 aromatic carbocycles. The molecule has 2 unspecified atom stereocenters. The number of rotatable bonds is 13. The van der Waals surface area contributed by atoms with Gasteiger partial charge in [0.25, 0.3) is 5.84 Å². The molecule has 1 aliphatic heterocycles. The van der Waals surface area contributed by atoms with Crippen LogP contribution in [0.3, 0.4) is 0 Å². The van der Waals surface area contributed by atoms with Gasteiger partial charge in [0.1, 0.15) is 25.7 Å². The van der Waals surface area contributed by atoms with Gasteiger partial charge in [-0.1, -0.05) is 19.1 Å². The van der Waals surface area contributed by atoms with Crippen molar-refractivity contribution in [2.75, 3.05) is 38.5 Å². The summed E-state index contributed by atoms with van der Waals surface area (Å²) in [6.45, 7) is 2.63. The van der Waals surface area contributed by atoms with Gasteiger partial charge >= 0.3 is 29.6 Å². The summed E-state index contributed by atoms with van der Waals surface area (Å²) in [6, 6.07) is 0. The zero-order valence-electron chi connectivity index (χ0n) is 16.3. The van der Waals surface area contributed by atoms with Crippen LogP contribution < -0.4 is 29.6 Å². The van der Waals surface area contributed by atoms with Crippen molar-refractivity contribution in [1.82, 2.24) is 0 Å². The number of quaternary nitrogens is 1. The first-order chi connectivity index (χ1) is 12.2. The molecule has 8 nitrogen and oxygen atoms in total. The van der Waals surface area contributed by atoms with Crippen LogP contribution in [0.4, 0.5) is 0 Å². The average Bonchev–Trinajstić information content (AvgIpc) is 2.92. The van der Waals surface area contributed by atoms with Gasteiger partial charge in [0, 0.05) is 6.42 Å². The summed E-state index contributed by atoms with van der Waals surface area (Å²) in [5.74, 6) is -0.790. The molecule has 150 valence electrons. The van der Waals surface area contributed by atoms with Crippen molar-refractivity contribution in [3.8, 4) is 0 Å². The molecule has 0 radical (unpaired) electrons. The molecule has 0 aliphatic carbocycles. The van der Waals surface area contributed by atoms with E-state index in [-0.39, 0.29) is 65.4 Å². The minimum atomic E-state index is -4.57. The quantitative estimate of drug-likeness (QED) is 0.111. The number of aliphatic imine (C=N–C) groups is 1. The molecule has 0 spiro atoms. The van der Waals surface area contributed by atoms with Crippen molar-refractivity contribution in [3.63, 3.8) is 0 Å². The number of hydrogen-bond donors (Lipinski definition) is 2. The third-order valence-electron chi connectivity index (χ3n) is 4.40. The molecule has 0 bridgehead atoms. The van der Waals surface area contributed by atoms with E-state index in [1.165, 1.54) is 0 Å². The standard InChI is InChI=1S/C17H30N2O6S.Na/c1-2-3-4-5-6-7-8-16(22)17-18-9-10-19(17,11-12-20)13-15(21)14-26(23,24)25;/h3-4,15,20-21H,2,5-14H2,1H3;/q;+1/b4-3+;. The van der Waals surface area contributed by atoms with Gasteiger partial charge < -0.3 is 14.8 Å². The molecule has 0 aromatic rings. The smallest absolute Gasteiger partial charge is 0.748 e. The van der Waals surface area contributed by atoms with Gasteiger partial charge in [-0.2, -0.15) is 0 Å². The average molecular weight is 413 g/mol. The zero-order chi connectivity index (χ0) is 19.6. The third-order valence-corrected chi connectivity index (χ3v) is 5.19. The second-order valence-corrected chi connectivity index (χ2v) is 8.08. The van der Waals surface area contributed by atoms with E-state index in [4.69, 9.17) is 0 Å². The fraction of sp³-hybridized carbons (Fsp3) is 0.765. The molecular formula is C17H30N2NaO6S+. The first kappa shape index (κ1) is 26.9. The summed E-state index contributed by atoms with van der Waals surface area (Å²) in [5, 5.41) is 19.4. The Labute approximate surface area is 184 Å². The predicted octanol–water partition coefficient (Wildman–Crippen LogP) is -2.79. The number of aliphatic hydroxyl groups excluding tert-OH is 2. The molecule has 1 heterocycles. The maximum atomic E-state index is 12.6. The fourth-order valence-electron chi connectivity index (χ4n) is 3.27. The number of aliphatic hydroxyl groups is 2. The maximum absolute atomic E-state index is 12.6. The first-order valence-corrected chi connectivity index (χ1v) is 10.6. The van der Waals surface area contributed by atoms with Crippen LogP contribution >= 0.6 is 0 Å². The molecular weight excluding hydrogens is 383 g/mol. The molecule has 1 aliphatic rings. The van der Waals surface area contributed by atoms with E-state index in [9.17, 15) is 28.0 Å². The first-order valence-electron chi connectivity index (χ1n) is 9.06. The van der Waals surface area contributed by atoms with Crippen molar-refractivity contribution in [3.05, 3.63) is 12.2 Å². The Balaban J connectivity index is 0.00000676. The van der Waals surface area contributed by atoms with Gasteiger partial charge in [-0.3, -0.25) is 9.28 Å². The molecule has 2 atom stereocenters. The number of allylic oxidation sites excluding steroid dienone is 2. The van der Waals surface area contributed by atoms with Gasteiger partial charge in [-0.25, -0.2) is 13.4 Å². The number of nitrogens with zero attached hydrogens (tertiary/aromatic N) is 2. The van der Waals surface area contributed by atoms with Crippen molar-refractivity contribution in [2.45, 2.75) is 45.1 Å². The van der Waals surface area contributed by atoms with Crippen LogP contribution in [-0.2, 0) is 14.9 Å². The Morgan fingerprint density at radius 2 is 2.07 bits per heavy atom. The number of hydrogen-bond acceptors (Lipinski definition) is 7. The number of amidine groups is 1. The van der Waals surface area contributed by atoms with Gasteiger partial charge in [0.05, 0.1) is 29.0 Å². The van der Waals surface area contributed by atoms with Gasteiger partial charge in [0.2, 0.25) is 5.78 Å². The molecule has 1 rings (SSSR count). The number of carbonyl (C=O) groups is 1. The summed E-state index contributed by atoms with van der Waals surface area (Å²) >= 11 is 0. The Bertz CT molecular complexity index is 623. The monoisotopic (exact) mass is 413 g/mol. The predicted molar refractivity (Wildman–Crippen MR) is 97.7 cm³/mol. The fourth-order valence-corrected chi connectivity index (χ4v) is 3.85. The molecule has 0 aromatic heterocycles. The summed E-state index contributed by atoms with van der Waals surface area (Å²) in [5.41, 5.74) is 0. The maximum Gasteiger partial charge on any atom is 1.00 e. The van der Waals surface area contributed by atoms with Crippen molar-refractivity contribution >= 4 is 21.7 Å². The Hall–Kier alpha value is -0.130. The van der Waals surface area contributed by atoms with Crippen LogP contribution in [-0.4, -0.2) is 83.9 Å². The summed E-state index contributed by atoms with van der Waals surface area (Å²) < 4.78 is 32.5. The van der Waals surface area contributed by atoms with E-state index in [2.05, 4.69) is 24.1 Å². The van der Waals surface area contributed by atoms with Crippen LogP contribution in [0.5, 0.6) is 0 Å². The van der Waals surface area contributed by atoms with E-state index in [1.54, 1.807) is 0 Å². The zero-order valence-corrected chi connectivity index (χ0v) is 19.2. The minimum absolute atomic E-state index is 0. The van der Waals surface area contributed by atoms with Crippen LogP contribution in [0.25, 0.3) is 0 Å². The summed E-state index contributed by atoms with van der Waals surface area (Å²) in [4.78, 5) is 16.8. The van der Waals surface area contributed by atoms with E-state index >= 15 is 0 Å². The summed E-state index contributed by atoms with van der Waals surface area (Å²) in [7, 11) is -4.57. The molecule has 2 N–H and O–H groups in total. The Morgan fingerprint density at radius 3 is 2.67 bits per heavy atom. The number of ketones is 1. The van der Waals surface area contributed by atoms with Crippen LogP contribution in [0.2, 0.25) is 0 Å². The second kappa shape index (κ2) is 13.2. The Morgan fingerprint density at radius 1 is 1.37 bits per heavy atom.